The van der Waals surface area contributed by atoms with E-state index in [4.69, 9.17) is 9.47 Å². The Morgan fingerprint density at radius 2 is 1.57 bits per heavy atom. The molecule has 1 aliphatic carbocycles. The van der Waals surface area contributed by atoms with Crippen molar-refractivity contribution in [2.75, 3.05) is 13.2 Å². The number of fused-ring (bicyclic) bond motifs is 3. The van der Waals surface area contributed by atoms with Gasteiger partial charge in [0, 0.05) is 18.7 Å². The molecule has 2 unspecified atom stereocenters. The molecule has 1 heterocycles. The average molecular weight is 479 g/mol. The Labute approximate surface area is 204 Å². The molecular formula is C27H30N2O6. The van der Waals surface area contributed by atoms with E-state index in [1.807, 2.05) is 36.4 Å². The maximum absolute atomic E-state index is 12.4. The van der Waals surface area contributed by atoms with Gasteiger partial charge in [-0.2, -0.15) is 0 Å². The number of nitrogens with one attached hydrogen (secondary N) is 1. The fourth-order valence-corrected chi connectivity index (χ4v) is 4.26. The van der Waals surface area contributed by atoms with E-state index in [1.54, 1.807) is 26.8 Å². The zero-order chi connectivity index (χ0) is 25.2. The van der Waals surface area contributed by atoms with E-state index < -0.39 is 30.0 Å². The largest absolute Gasteiger partial charge is 0.449 e. The van der Waals surface area contributed by atoms with Crippen LogP contribution in [0.3, 0.4) is 0 Å². The van der Waals surface area contributed by atoms with Crippen molar-refractivity contribution in [1.29, 1.82) is 0 Å². The van der Waals surface area contributed by atoms with Crippen LogP contribution < -0.4 is 5.32 Å². The van der Waals surface area contributed by atoms with E-state index in [9.17, 15) is 19.8 Å². The number of hydrogen-bond acceptors (Lipinski definition) is 6. The number of alkyl carbamates (subject to hydrolysis) is 1. The van der Waals surface area contributed by atoms with Gasteiger partial charge in [-0.25, -0.2) is 9.59 Å². The van der Waals surface area contributed by atoms with E-state index in [2.05, 4.69) is 17.4 Å². The normalized spacial score (nSPS) is 14.5. The van der Waals surface area contributed by atoms with Crippen LogP contribution >= 0.6 is 0 Å². The van der Waals surface area contributed by atoms with Gasteiger partial charge in [0.1, 0.15) is 24.4 Å². The maximum Gasteiger partial charge on any atom is 0.418 e. The number of aliphatic hydroxyl groups is 2. The highest BCUT2D eigenvalue weighted by atomic mass is 16.6. The topological polar surface area (TPSA) is 110 Å². The minimum absolute atomic E-state index is 0.0826. The molecule has 0 fully saturated rings. The fourth-order valence-electron chi connectivity index (χ4n) is 4.26. The predicted molar refractivity (Wildman–Crippen MR) is 130 cm³/mol. The Kier molecular flexibility index (Phi) is 6.95. The number of amides is 1. The molecule has 2 aromatic carbocycles. The van der Waals surface area contributed by atoms with E-state index >= 15 is 0 Å². The molecule has 2 atom stereocenters. The van der Waals surface area contributed by atoms with Gasteiger partial charge in [0.2, 0.25) is 0 Å². The first-order valence-corrected chi connectivity index (χ1v) is 11.5. The summed E-state index contributed by atoms with van der Waals surface area (Å²) < 4.78 is 11.9. The minimum atomic E-state index is -1.42. The lowest BCUT2D eigenvalue weighted by Crippen LogP contribution is -2.37. The summed E-state index contributed by atoms with van der Waals surface area (Å²) >= 11 is 0. The second-order valence-corrected chi connectivity index (χ2v) is 9.50. The molecule has 184 valence electrons. The third-order valence-corrected chi connectivity index (χ3v) is 5.84. The van der Waals surface area contributed by atoms with E-state index in [0.717, 1.165) is 26.8 Å². The standard InChI is InChI=1S/C27H30N2O6/c1-27(2,3)35-26(33)29-14-8-13-22(29)24(31)23(30)15-28-25(32)34-16-21-19-11-6-4-9-17(19)18-10-5-7-12-20(18)21/h4-14,21,23-24,30-31H,15-16H2,1-3H3,(H,28,32). The number of rotatable bonds is 6. The first-order valence-electron chi connectivity index (χ1n) is 11.5. The van der Waals surface area contributed by atoms with Crippen molar-refractivity contribution in [3.63, 3.8) is 0 Å². The zero-order valence-electron chi connectivity index (χ0n) is 20.0. The lowest BCUT2D eigenvalue weighted by molar-refractivity contribution is 0.0116. The van der Waals surface area contributed by atoms with Crippen molar-refractivity contribution in [2.45, 2.75) is 44.5 Å². The third kappa shape index (κ3) is 5.39. The number of aromatic nitrogens is 1. The molecule has 35 heavy (non-hydrogen) atoms. The number of carbonyl (C=O) groups is 2. The van der Waals surface area contributed by atoms with Gasteiger partial charge in [0.05, 0.1) is 5.69 Å². The molecule has 1 aliphatic rings. The summed E-state index contributed by atoms with van der Waals surface area (Å²) in [4.78, 5) is 24.7. The van der Waals surface area contributed by atoms with Crippen molar-refractivity contribution < 1.29 is 29.3 Å². The van der Waals surface area contributed by atoms with Gasteiger partial charge in [-0.05, 0) is 55.2 Å². The summed E-state index contributed by atoms with van der Waals surface area (Å²) in [6.45, 7) is 5.07. The molecule has 3 N–H and O–H groups in total. The highest BCUT2D eigenvalue weighted by Crippen LogP contribution is 2.44. The van der Waals surface area contributed by atoms with E-state index in [1.165, 1.54) is 12.3 Å². The van der Waals surface area contributed by atoms with Crippen molar-refractivity contribution in [2.24, 2.45) is 0 Å². The lowest BCUT2D eigenvalue weighted by atomic mass is 9.98. The zero-order valence-corrected chi connectivity index (χ0v) is 20.0. The van der Waals surface area contributed by atoms with Crippen LogP contribution in [-0.2, 0) is 9.47 Å². The van der Waals surface area contributed by atoms with Gasteiger partial charge in [0.15, 0.2) is 0 Å². The van der Waals surface area contributed by atoms with Crippen LogP contribution in [-0.4, -0.2) is 51.8 Å². The predicted octanol–water partition coefficient (Wildman–Crippen LogP) is 4.20. The summed E-state index contributed by atoms with van der Waals surface area (Å²) in [5.41, 5.74) is 3.89. The van der Waals surface area contributed by atoms with Crippen molar-refractivity contribution in [3.05, 3.63) is 83.7 Å². The van der Waals surface area contributed by atoms with E-state index in [0.29, 0.717) is 0 Å². The molecule has 0 bridgehead atoms. The van der Waals surface area contributed by atoms with Gasteiger partial charge in [-0.15, -0.1) is 0 Å². The number of carbonyl (C=O) groups excluding carboxylic acids is 2. The number of benzene rings is 2. The summed E-state index contributed by atoms with van der Waals surface area (Å²) in [5.74, 6) is -0.0826. The van der Waals surface area contributed by atoms with Gasteiger partial charge >= 0.3 is 12.2 Å². The minimum Gasteiger partial charge on any atom is -0.449 e. The highest BCUT2D eigenvalue weighted by molar-refractivity contribution is 5.79. The highest BCUT2D eigenvalue weighted by Gasteiger charge is 2.30. The third-order valence-electron chi connectivity index (χ3n) is 5.84. The second kappa shape index (κ2) is 9.93. The Morgan fingerprint density at radius 3 is 2.17 bits per heavy atom. The van der Waals surface area contributed by atoms with Crippen molar-refractivity contribution in [1.82, 2.24) is 9.88 Å². The first kappa shape index (κ1) is 24.5. The number of hydrogen-bond donors (Lipinski definition) is 3. The lowest BCUT2D eigenvalue weighted by Gasteiger charge is -2.23. The fraction of sp³-hybridized carbons (Fsp3) is 0.333. The van der Waals surface area contributed by atoms with Crippen LogP contribution in [0.4, 0.5) is 9.59 Å². The Bertz CT molecular complexity index is 1170. The molecule has 0 radical (unpaired) electrons. The van der Waals surface area contributed by atoms with Crippen molar-refractivity contribution in [3.8, 4) is 11.1 Å². The van der Waals surface area contributed by atoms with Crippen molar-refractivity contribution >= 4 is 12.2 Å². The summed E-state index contributed by atoms with van der Waals surface area (Å²) in [5, 5.41) is 23.5. The summed E-state index contributed by atoms with van der Waals surface area (Å²) in [6.07, 6.45) is -2.73. The average Bonchev–Trinajstić information content (AvgIpc) is 3.43. The number of ether oxygens (including phenoxy) is 2. The smallest absolute Gasteiger partial charge is 0.418 e. The molecule has 0 saturated carbocycles. The maximum atomic E-state index is 12.4. The summed E-state index contributed by atoms with van der Waals surface area (Å²) in [6, 6.07) is 19.1. The van der Waals surface area contributed by atoms with Crippen LogP contribution in [0.15, 0.2) is 66.9 Å². The molecule has 0 saturated heterocycles. The van der Waals surface area contributed by atoms with Crippen LogP contribution in [0, 0.1) is 0 Å². The van der Waals surface area contributed by atoms with Crippen LogP contribution in [0.25, 0.3) is 11.1 Å². The molecule has 0 aliphatic heterocycles. The Hall–Kier alpha value is -3.62. The molecule has 0 spiro atoms. The second-order valence-electron chi connectivity index (χ2n) is 9.50. The molecule has 1 aromatic heterocycles. The van der Waals surface area contributed by atoms with Gasteiger partial charge in [-0.1, -0.05) is 48.5 Å². The number of aliphatic hydroxyl groups excluding tert-OH is 2. The summed E-state index contributed by atoms with van der Waals surface area (Å²) in [7, 11) is 0. The van der Waals surface area contributed by atoms with Crippen LogP contribution in [0.2, 0.25) is 0 Å². The van der Waals surface area contributed by atoms with Gasteiger partial charge in [0.25, 0.3) is 0 Å². The SMILES string of the molecule is CC(C)(C)OC(=O)n1cccc1C(O)C(O)CNC(=O)OCC1c2ccccc2-c2ccccc21. The molecule has 1 amide bonds. The van der Waals surface area contributed by atoms with Gasteiger partial charge < -0.3 is 25.0 Å². The monoisotopic (exact) mass is 478 g/mol. The molecule has 8 heteroatoms. The number of nitrogens with zero attached hydrogens (tertiary/aromatic N) is 1. The Morgan fingerprint density at radius 1 is 0.971 bits per heavy atom. The Balaban J connectivity index is 1.33. The molecule has 8 nitrogen and oxygen atoms in total. The molecular weight excluding hydrogens is 448 g/mol. The first-order chi connectivity index (χ1) is 16.7. The molecule has 4 rings (SSSR count). The van der Waals surface area contributed by atoms with Crippen LogP contribution in [0.1, 0.15) is 49.6 Å². The van der Waals surface area contributed by atoms with Gasteiger partial charge in [-0.3, -0.25) is 4.57 Å². The molecule has 3 aromatic rings. The quantitative estimate of drug-likeness (QED) is 0.490. The van der Waals surface area contributed by atoms with E-state index in [-0.39, 0.29) is 24.8 Å². The van der Waals surface area contributed by atoms with Crippen LogP contribution in [0.5, 0.6) is 0 Å².